The van der Waals surface area contributed by atoms with Crippen molar-refractivity contribution in [3.8, 4) is 5.75 Å². The smallest absolute Gasteiger partial charge is 0.226 e. The van der Waals surface area contributed by atoms with Gasteiger partial charge in [0.25, 0.3) is 0 Å². The number of anilines is 1. The standard InChI is InChI=1S/C21H24N2O3/c1-17-15-19(8-7-18(17)16-24)22-10-12-23(13-11-22)21(25)9-14-26-20-5-3-2-4-6-20/h2-8,15-16H,9-14H2,1H3. The van der Waals surface area contributed by atoms with E-state index < -0.39 is 0 Å². The molecule has 2 aromatic carbocycles. The zero-order valence-electron chi connectivity index (χ0n) is 15.1. The minimum absolute atomic E-state index is 0.132. The number of carbonyl (C=O) groups excluding carboxylic acids is 2. The Kier molecular flexibility index (Phi) is 5.89. The SMILES string of the molecule is Cc1cc(N2CCN(C(=O)CCOc3ccccc3)CC2)ccc1C=O. The molecule has 0 saturated carbocycles. The van der Waals surface area contributed by atoms with E-state index in [-0.39, 0.29) is 5.91 Å². The van der Waals surface area contributed by atoms with E-state index in [1.807, 2.05) is 60.4 Å². The van der Waals surface area contributed by atoms with Gasteiger partial charge in [0, 0.05) is 37.4 Å². The average molecular weight is 352 g/mol. The van der Waals surface area contributed by atoms with E-state index >= 15 is 0 Å². The van der Waals surface area contributed by atoms with Gasteiger partial charge in [-0.05, 0) is 42.8 Å². The third kappa shape index (κ3) is 4.42. The van der Waals surface area contributed by atoms with Crippen molar-refractivity contribution in [3.05, 3.63) is 59.7 Å². The first kappa shape index (κ1) is 18.0. The normalized spacial score (nSPS) is 14.2. The summed E-state index contributed by atoms with van der Waals surface area (Å²) in [6, 6.07) is 15.4. The van der Waals surface area contributed by atoms with Gasteiger partial charge in [0.2, 0.25) is 5.91 Å². The molecule has 1 heterocycles. The van der Waals surface area contributed by atoms with Crippen molar-refractivity contribution in [3.63, 3.8) is 0 Å². The van der Waals surface area contributed by atoms with Crippen molar-refractivity contribution in [1.29, 1.82) is 0 Å². The van der Waals surface area contributed by atoms with Crippen LogP contribution in [0.25, 0.3) is 0 Å². The van der Waals surface area contributed by atoms with E-state index in [9.17, 15) is 9.59 Å². The van der Waals surface area contributed by atoms with Crippen molar-refractivity contribution in [2.45, 2.75) is 13.3 Å². The van der Waals surface area contributed by atoms with Gasteiger partial charge in [-0.15, -0.1) is 0 Å². The number of piperazine rings is 1. The Morgan fingerprint density at radius 1 is 1.08 bits per heavy atom. The number of para-hydroxylation sites is 1. The van der Waals surface area contributed by atoms with Crippen LogP contribution in [0, 0.1) is 6.92 Å². The Labute approximate surface area is 154 Å². The van der Waals surface area contributed by atoms with Crippen LogP contribution in [-0.2, 0) is 4.79 Å². The first-order valence-corrected chi connectivity index (χ1v) is 8.94. The fraction of sp³-hybridized carbons (Fsp3) is 0.333. The van der Waals surface area contributed by atoms with Crippen molar-refractivity contribution in [2.24, 2.45) is 0 Å². The number of ether oxygens (including phenoxy) is 1. The molecule has 1 saturated heterocycles. The number of carbonyl (C=O) groups is 2. The quantitative estimate of drug-likeness (QED) is 0.750. The number of rotatable bonds is 6. The summed E-state index contributed by atoms with van der Waals surface area (Å²) in [7, 11) is 0. The summed E-state index contributed by atoms with van der Waals surface area (Å²) in [6.45, 7) is 5.35. The summed E-state index contributed by atoms with van der Waals surface area (Å²) >= 11 is 0. The Hall–Kier alpha value is -2.82. The van der Waals surface area contributed by atoms with Gasteiger partial charge in [-0.25, -0.2) is 0 Å². The highest BCUT2D eigenvalue weighted by Crippen LogP contribution is 2.20. The Morgan fingerprint density at radius 3 is 2.46 bits per heavy atom. The molecule has 136 valence electrons. The van der Waals surface area contributed by atoms with Crippen LogP contribution >= 0.6 is 0 Å². The molecule has 0 atom stereocenters. The molecule has 0 N–H and O–H groups in total. The van der Waals surface area contributed by atoms with E-state index in [0.717, 1.165) is 41.9 Å². The first-order valence-electron chi connectivity index (χ1n) is 8.94. The topological polar surface area (TPSA) is 49.9 Å². The molecule has 0 spiro atoms. The number of hydrogen-bond donors (Lipinski definition) is 0. The molecule has 0 aromatic heterocycles. The van der Waals surface area contributed by atoms with Crippen LogP contribution < -0.4 is 9.64 Å². The lowest BCUT2D eigenvalue weighted by atomic mass is 10.1. The average Bonchev–Trinajstić information content (AvgIpc) is 2.69. The summed E-state index contributed by atoms with van der Waals surface area (Å²) < 4.78 is 5.61. The minimum Gasteiger partial charge on any atom is -0.493 e. The third-order valence-electron chi connectivity index (χ3n) is 4.71. The molecule has 1 aliphatic rings. The predicted molar refractivity (Wildman–Crippen MR) is 102 cm³/mol. The van der Waals surface area contributed by atoms with Gasteiger partial charge in [0.1, 0.15) is 12.0 Å². The molecule has 1 amide bonds. The number of aldehydes is 1. The molecule has 1 fully saturated rings. The van der Waals surface area contributed by atoms with Crippen LogP contribution in [0.5, 0.6) is 5.75 Å². The monoisotopic (exact) mass is 352 g/mol. The molecule has 5 nitrogen and oxygen atoms in total. The van der Waals surface area contributed by atoms with E-state index in [2.05, 4.69) is 4.90 Å². The summed E-state index contributed by atoms with van der Waals surface area (Å²) in [4.78, 5) is 27.5. The maximum Gasteiger partial charge on any atom is 0.226 e. The van der Waals surface area contributed by atoms with Crippen LogP contribution in [0.3, 0.4) is 0 Å². The van der Waals surface area contributed by atoms with Crippen LogP contribution in [-0.4, -0.2) is 49.9 Å². The molecule has 26 heavy (non-hydrogen) atoms. The highest BCUT2D eigenvalue weighted by Gasteiger charge is 2.21. The second-order valence-electron chi connectivity index (χ2n) is 6.44. The van der Waals surface area contributed by atoms with Crippen LogP contribution in [0.1, 0.15) is 22.3 Å². The molecular weight excluding hydrogens is 328 g/mol. The van der Waals surface area contributed by atoms with Crippen molar-refractivity contribution < 1.29 is 14.3 Å². The molecule has 0 unspecified atom stereocenters. The summed E-state index contributed by atoms with van der Waals surface area (Å²) in [6.07, 6.45) is 1.27. The van der Waals surface area contributed by atoms with Crippen molar-refractivity contribution >= 4 is 17.9 Å². The van der Waals surface area contributed by atoms with Crippen molar-refractivity contribution in [1.82, 2.24) is 4.90 Å². The summed E-state index contributed by atoms with van der Waals surface area (Å²) in [5, 5.41) is 0. The van der Waals surface area contributed by atoms with Gasteiger partial charge in [-0.1, -0.05) is 18.2 Å². The molecule has 2 aromatic rings. The van der Waals surface area contributed by atoms with Gasteiger partial charge in [0.05, 0.1) is 13.0 Å². The van der Waals surface area contributed by atoms with E-state index in [1.165, 1.54) is 0 Å². The Bertz CT molecular complexity index is 753. The molecule has 5 heteroatoms. The van der Waals surface area contributed by atoms with Crippen LogP contribution in [0.2, 0.25) is 0 Å². The highest BCUT2D eigenvalue weighted by molar-refractivity contribution is 5.79. The lowest BCUT2D eigenvalue weighted by Crippen LogP contribution is -2.49. The minimum atomic E-state index is 0.132. The fourth-order valence-electron chi connectivity index (χ4n) is 3.13. The molecule has 1 aliphatic heterocycles. The molecule has 0 bridgehead atoms. The first-order chi connectivity index (χ1) is 12.7. The number of aryl methyl sites for hydroxylation is 1. The van der Waals surface area contributed by atoms with Gasteiger partial charge in [0.15, 0.2) is 0 Å². The number of hydrogen-bond acceptors (Lipinski definition) is 4. The largest absolute Gasteiger partial charge is 0.493 e. The maximum atomic E-state index is 12.4. The lowest BCUT2D eigenvalue weighted by molar-refractivity contribution is -0.132. The summed E-state index contributed by atoms with van der Waals surface area (Å²) in [5.74, 6) is 0.923. The molecule has 0 radical (unpaired) electrons. The number of amides is 1. The lowest BCUT2D eigenvalue weighted by Gasteiger charge is -2.36. The summed E-state index contributed by atoms with van der Waals surface area (Å²) in [5.41, 5.74) is 2.81. The number of nitrogens with zero attached hydrogens (tertiary/aromatic N) is 2. The second-order valence-corrected chi connectivity index (χ2v) is 6.44. The van der Waals surface area contributed by atoms with E-state index in [1.54, 1.807) is 0 Å². The molecule has 3 rings (SSSR count). The zero-order valence-corrected chi connectivity index (χ0v) is 15.1. The second kappa shape index (κ2) is 8.52. The number of benzene rings is 2. The predicted octanol–water partition coefficient (Wildman–Crippen LogP) is 2.93. The Balaban J connectivity index is 1.46. The van der Waals surface area contributed by atoms with Crippen molar-refractivity contribution in [2.75, 3.05) is 37.7 Å². The van der Waals surface area contributed by atoms with E-state index in [4.69, 9.17) is 4.74 Å². The van der Waals surface area contributed by atoms with Crippen LogP contribution in [0.15, 0.2) is 48.5 Å². The van der Waals surface area contributed by atoms with Gasteiger partial charge in [-0.2, -0.15) is 0 Å². The highest BCUT2D eigenvalue weighted by atomic mass is 16.5. The molecular formula is C21H24N2O3. The Morgan fingerprint density at radius 2 is 1.81 bits per heavy atom. The van der Waals surface area contributed by atoms with Gasteiger partial charge < -0.3 is 14.5 Å². The van der Waals surface area contributed by atoms with E-state index in [0.29, 0.717) is 26.1 Å². The van der Waals surface area contributed by atoms with Crippen LogP contribution in [0.4, 0.5) is 5.69 Å². The van der Waals surface area contributed by atoms with Gasteiger partial charge >= 0.3 is 0 Å². The maximum absolute atomic E-state index is 12.4. The zero-order chi connectivity index (χ0) is 18.4. The molecule has 0 aliphatic carbocycles. The fourth-order valence-corrected chi connectivity index (χ4v) is 3.13. The third-order valence-corrected chi connectivity index (χ3v) is 4.71. The van der Waals surface area contributed by atoms with Gasteiger partial charge in [-0.3, -0.25) is 9.59 Å².